The van der Waals surface area contributed by atoms with Crippen molar-refractivity contribution in [2.75, 3.05) is 0 Å². The molecule has 0 spiro atoms. The fourth-order valence-electron chi connectivity index (χ4n) is 2.08. The molecule has 0 unspecified atom stereocenters. The summed E-state index contributed by atoms with van der Waals surface area (Å²) in [6.45, 7) is 3.93. The van der Waals surface area contributed by atoms with E-state index in [0.717, 1.165) is 12.8 Å². The Morgan fingerprint density at radius 3 is 2.42 bits per heavy atom. The van der Waals surface area contributed by atoms with E-state index in [4.69, 9.17) is 10.8 Å². The molecule has 2 atom stereocenters. The minimum Gasteiger partial charge on any atom is -0.481 e. The minimum atomic E-state index is -0.676. The first-order chi connectivity index (χ1) is 5.49. The van der Waals surface area contributed by atoms with Crippen molar-refractivity contribution >= 4 is 5.97 Å². The van der Waals surface area contributed by atoms with Crippen molar-refractivity contribution < 1.29 is 9.90 Å². The van der Waals surface area contributed by atoms with E-state index in [2.05, 4.69) is 0 Å². The van der Waals surface area contributed by atoms with E-state index in [1.165, 1.54) is 0 Å². The summed E-state index contributed by atoms with van der Waals surface area (Å²) in [5.74, 6) is -0.492. The Kier molecular flexibility index (Phi) is 2.42. The number of hydrogen-bond donors (Lipinski definition) is 2. The van der Waals surface area contributed by atoms with Crippen molar-refractivity contribution in [3.63, 3.8) is 0 Å². The van der Waals surface area contributed by atoms with E-state index in [-0.39, 0.29) is 12.0 Å². The van der Waals surface area contributed by atoms with Gasteiger partial charge in [-0.15, -0.1) is 0 Å². The molecule has 0 heterocycles. The lowest BCUT2D eigenvalue weighted by Gasteiger charge is -2.28. The molecule has 1 aliphatic carbocycles. The highest BCUT2D eigenvalue weighted by molar-refractivity contribution is 5.75. The van der Waals surface area contributed by atoms with Gasteiger partial charge in [-0.2, -0.15) is 0 Å². The molecule has 0 aromatic heterocycles. The lowest BCUT2D eigenvalue weighted by molar-refractivity contribution is -0.151. The Balaban J connectivity index is 2.82. The molecule has 0 aromatic carbocycles. The van der Waals surface area contributed by atoms with Gasteiger partial charge in [-0.05, 0) is 25.2 Å². The van der Waals surface area contributed by atoms with Crippen molar-refractivity contribution in [2.24, 2.45) is 17.1 Å². The number of nitrogens with two attached hydrogens (primary N) is 1. The van der Waals surface area contributed by atoms with Crippen LogP contribution >= 0.6 is 0 Å². The molecule has 0 aromatic rings. The van der Waals surface area contributed by atoms with Gasteiger partial charge < -0.3 is 10.8 Å². The maximum absolute atomic E-state index is 11.1. The maximum atomic E-state index is 11.1. The molecule has 1 aliphatic rings. The molecule has 1 rings (SSSR count). The van der Waals surface area contributed by atoms with Gasteiger partial charge in [-0.25, -0.2) is 0 Å². The largest absolute Gasteiger partial charge is 0.481 e. The smallest absolute Gasteiger partial charge is 0.309 e. The quantitative estimate of drug-likeness (QED) is 0.656. The Morgan fingerprint density at radius 2 is 2.25 bits per heavy atom. The third-order valence-corrected chi connectivity index (χ3v) is 3.12. The summed E-state index contributed by atoms with van der Waals surface area (Å²) in [6, 6.07) is 0.0866. The van der Waals surface area contributed by atoms with E-state index >= 15 is 0 Å². The van der Waals surface area contributed by atoms with Crippen LogP contribution in [0.5, 0.6) is 0 Å². The van der Waals surface area contributed by atoms with E-state index in [9.17, 15) is 4.79 Å². The van der Waals surface area contributed by atoms with Gasteiger partial charge in [0, 0.05) is 6.04 Å². The van der Waals surface area contributed by atoms with Gasteiger partial charge in [-0.1, -0.05) is 13.8 Å². The summed E-state index contributed by atoms with van der Waals surface area (Å²) in [5.41, 5.74) is 5.18. The van der Waals surface area contributed by atoms with E-state index in [1.54, 1.807) is 0 Å². The Morgan fingerprint density at radius 1 is 1.67 bits per heavy atom. The molecule has 1 fully saturated rings. The molecule has 3 N–H and O–H groups in total. The molecule has 0 bridgehead atoms. The predicted molar refractivity (Wildman–Crippen MR) is 46.7 cm³/mol. The highest BCUT2D eigenvalue weighted by Crippen LogP contribution is 2.43. The van der Waals surface area contributed by atoms with Crippen molar-refractivity contribution in [3.05, 3.63) is 0 Å². The first-order valence-corrected chi connectivity index (χ1v) is 4.48. The second-order valence-electron chi connectivity index (χ2n) is 4.12. The van der Waals surface area contributed by atoms with Crippen LogP contribution in [0.4, 0.5) is 0 Å². The van der Waals surface area contributed by atoms with Crippen LogP contribution in [-0.4, -0.2) is 17.1 Å². The Labute approximate surface area is 72.9 Å². The Hall–Kier alpha value is -0.570. The van der Waals surface area contributed by atoms with Crippen LogP contribution < -0.4 is 5.73 Å². The van der Waals surface area contributed by atoms with Crippen molar-refractivity contribution in [1.82, 2.24) is 0 Å². The van der Waals surface area contributed by atoms with Gasteiger partial charge in [0.15, 0.2) is 0 Å². The zero-order chi connectivity index (χ0) is 9.35. The first-order valence-electron chi connectivity index (χ1n) is 4.48. The van der Waals surface area contributed by atoms with Gasteiger partial charge >= 0.3 is 5.97 Å². The van der Waals surface area contributed by atoms with Crippen molar-refractivity contribution in [2.45, 2.75) is 39.2 Å². The summed E-state index contributed by atoms with van der Waals surface area (Å²) in [5, 5.41) is 9.10. The molecule has 1 saturated carbocycles. The topological polar surface area (TPSA) is 63.3 Å². The fraction of sp³-hybridized carbons (Fsp3) is 0.889. The van der Waals surface area contributed by atoms with Crippen LogP contribution in [0, 0.1) is 11.3 Å². The number of hydrogen-bond acceptors (Lipinski definition) is 2. The highest BCUT2D eigenvalue weighted by atomic mass is 16.4. The lowest BCUT2D eigenvalue weighted by atomic mass is 9.75. The number of rotatable bonds is 2. The standard InChI is InChI=1S/C9H17NO2/c1-6(2)9(8(11)12)4-3-7(10)5-9/h6-7H,3-5,10H2,1-2H3,(H,11,12)/t7-,9-/m1/s1. The van der Waals surface area contributed by atoms with Crippen LogP contribution in [-0.2, 0) is 4.79 Å². The lowest BCUT2D eigenvalue weighted by Crippen LogP contribution is -2.35. The number of carboxylic acids is 1. The van der Waals surface area contributed by atoms with Gasteiger partial charge in [-0.3, -0.25) is 4.79 Å². The molecule has 3 nitrogen and oxygen atoms in total. The molecule has 3 heteroatoms. The number of aliphatic carboxylic acids is 1. The van der Waals surface area contributed by atoms with Crippen LogP contribution in [0.1, 0.15) is 33.1 Å². The van der Waals surface area contributed by atoms with Crippen LogP contribution in [0.25, 0.3) is 0 Å². The Bertz CT molecular complexity index is 191. The van der Waals surface area contributed by atoms with Gasteiger partial charge in [0.1, 0.15) is 0 Å². The second-order valence-corrected chi connectivity index (χ2v) is 4.12. The summed E-state index contributed by atoms with van der Waals surface area (Å²) in [4.78, 5) is 11.1. The first kappa shape index (κ1) is 9.52. The normalized spacial score (nSPS) is 35.8. The van der Waals surface area contributed by atoms with Crippen LogP contribution in [0.15, 0.2) is 0 Å². The van der Waals surface area contributed by atoms with Crippen molar-refractivity contribution in [3.8, 4) is 0 Å². The second kappa shape index (κ2) is 3.05. The molecule has 0 amide bonds. The third kappa shape index (κ3) is 1.33. The predicted octanol–water partition coefficient (Wildman–Crippen LogP) is 1.22. The summed E-state index contributed by atoms with van der Waals surface area (Å²) in [6.07, 6.45) is 2.23. The molecule has 0 saturated heterocycles. The molecule has 12 heavy (non-hydrogen) atoms. The molecule has 0 aliphatic heterocycles. The van der Waals surface area contributed by atoms with Crippen LogP contribution in [0.2, 0.25) is 0 Å². The minimum absolute atomic E-state index is 0.0866. The highest BCUT2D eigenvalue weighted by Gasteiger charge is 2.46. The molecule has 70 valence electrons. The molecular weight excluding hydrogens is 154 g/mol. The molecule has 0 radical (unpaired) electrons. The average molecular weight is 171 g/mol. The number of carbonyl (C=O) groups is 1. The fourth-order valence-corrected chi connectivity index (χ4v) is 2.08. The van der Waals surface area contributed by atoms with Crippen LogP contribution in [0.3, 0.4) is 0 Å². The zero-order valence-electron chi connectivity index (χ0n) is 7.71. The van der Waals surface area contributed by atoms with Gasteiger partial charge in [0.05, 0.1) is 5.41 Å². The van der Waals surface area contributed by atoms with E-state index in [1.807, 2.05) is 13.8 Å². The van der Waals surface area contributed by atoms with E-state index < -0.39 is 11.4 Å². The van der Waals surface area contributed by atoms with Crippen molar-refractivity contribution in [1.29, 1.82) is 0 Å². The summed E-state index contributed by atoms with van der Waals surface area (Å²) < 4.78 is 0. The van der Waals surface area contributed by atoms with E-state index in [0.29, 0.717) is 6.42 Å². The zero-order valence-corrected chi connectivity index (χ0v) is 7.71. The summed E-state index contributed by atoms with van der Waals surface area (Å²) in [7, 11) is 0. The number of carboxylic acid groups (broad SMARTS) is 1. The monoisotopic (exact) mass is 171 g/mol. The third-order valence-electron chi connectivity index (χ3n) is 3.12. The van der Waals surface area contributed by atoms with Gasteiger partial charge in [0.2, 0.25) is 0 Å². The molecular formula is C9H17NO2. The van der Waals surface area contributed by atoms with Gasteiger partial charge in [0.25, 0.3) is 0 Å². The summed E-state index contributed by atoms with van der Waals surface area (Å²) >= 11 is 0. The maximum Gasteiger partial charge on any atom is 0.309 e. The average Bonchev–Trinajstić information content (AvgIpc) is 2.32. The SMILES string of the molecule is CC(C)[C@@]1(C(=O)O)CC[C@@H](N)C1.